The van der Waals surface area contributed by atoms with Crippen LogP contribution < -0.4 is 10.6 Å². The van der Waals surface area contributed by atoms with E-state index in [1.54, 1.807) is 72.8 Å². The van der Waals surface area contributed by atoms with Crippen LogP contribution in [0.15, 0.2) is 115 Å². The Morgan fingerprint density at radius 3 is 1.51 bits per heavy atom. The van der Waals surface area contributed by atoms with E-state index in [1.807, 2.05) is 42.5 Å². The van der Waals surface area contributed by atoms with E-state index in [0.29, 0.717) is 67.0 Å². The highest BCUT2D eigenvalue weighted by Crippen LogP contribution is 2.29. The number of carbonyl (C=O) groups excluding carboxylic acids is 4. The highest BCUT2D eigenvalue weighted by atomic mass is 16.3. The first-order valence-corrected chi connectivity index (χ1v) is 17.7. The fraction of sp³-hybridized carbons (Fsp3) is 0.244. The largest absolute Gasteiger partial charge is 0.378 e. The number of amides is 4. The number of anilines is 2. The first-order chi connectivity index (χ1) is 25.8. The molecule has 4 atom stereocenters. The van der Waals surface area contributed by atoms with Gasteiger partial charge in [0.1, 0.15) is 12.1 Å². The van der Waals surface area contributed by atoms with Crippen molar-refractivity contribution >= 4 is 35.0 Å². The van der Waals surface area contributed by atoms with Crippen molar-refractivity contribution in [1.82, 2.24) is 20.0 Å². The number of aromatic amines is 1. The minimum Gasteiger partial charge on any atom is -0.378 e. The molecule has 2 saturated heterocycles. The fourth-order valence-electron chi connectivity index (χ4n) is 7.00. The third-order valence-electron chi connectivity index (χ3n) is 9.87. The number of rotatable bonds is 10. The molecule has 5 N–H and O–H groups in total. The average Bonchev–Trinajstić information content (AvgIpc) is 4.00. The van der Waals surface area contributed by atoms with Gasteiger partial charge >= 0.3 is 0 Å². The maximum atomic E-state index is 13.2. The van der Waals surface area contributed by atoms with Crippen LogP contribution in [-0.4, -0.2) is 79.0 Å². The van der Waals surface area contributed by atoms with Gasteiger partial charge in [0.25, 0.3) is 11.8 Å². The van der Waals surface area contributed by atoms with E-state index < -0.39 is 36.1 Å². The molecular weight excluding hydrogens is 672 g/mol. The lowest BCUT2D eigenvalue weighted by Gasteiger charge is -2.26. The number of carbonyl (C=O) groups is 4. The van der Waals surface area contributed by atoms with Crippen molar-refractivity contribution < 1.29 is 29.4 Å². The molecule has 270 valence electrons. The first kappa shape index (κ1) is 35.3. The van der Waals surface area contributed by atoms with E-state index in [2.05, 4.69) is 20.8 Å². The van der Waals surface area contributed by atoms with Gasteiger partial charge in [-0.3, -0.25) is 24.3 Å². The van der Waals surface area contributed by atoms with Crippen LogP contribution in [0, 0.1) is 0 Å². The molecule has 0 bridgehead atoms. The molecule has 2 aliphatic heterocycles. The van der Waals surface area contributed by atoms with E-state index in [9.17, 15) is 29.4 Å². The summed E-state index contributed by atoms with van der Waals surface area (Å²) >= 11 is 0. The average molecular weight is 713 g/mol. The molecule has 2 aliphatic rings. The maximum absolute atomic E-state index is 13.2. The van der Waals surface area contributed by atoms with E-state index in [4.69, 9.17) is 0 Å². The molecule has 0 spiro atoms. The molecule has 5 aromatic rings. The van der Waals surface area contributed by atoms with Crippen molar-refractivity contribution in [3.05, 3.63) is 126 Å². The highest BCUT2D eigenvalue weighted by molar-refractivity contribution is 5.99. The number of H-pyrrole nitrogens is 1. The first-order valence-electron chi connectivity index (χ1n) is 17.7. The van der Waals surface area contributed by atoms with Crippen molar-refractivity contribution in [2.45, 2.75) is 50.0 Å². The lowest BCUT2D eigenvalue weighted by molar-refractivity contribution is -0.144. The molecule has 3 heterocycles. The molecule has 2 fully saturated rings. The van der Waals surface area contributed by atoms with Crippen molar-refractivity contribution in [1.29, 1.82) is 0 Å². The molecule has 53 heavy (non-hydrogen) atoms. The van der Waals surface area contributed by atoms with E-state index in [-0.39, 0.29) is 11.8 Å². The molecule has 7 rings (SSSR count). The van der Waals surface area contributed by atoms with Crippen LogP contribution in [0.25, 0.3) is 22.5 Å². The van der Waals surface area contributed by atoms with Gasteiger partial charge in [0.05, 0.1) is 11.4 Å². The van der Waals surface area contributed by atoms with E-state index in [0.717, 1.165) is 16.8 Å². The number of aliphatic hydroxyl groups excluding tert-OH is 2. The minimum atomic E-state index is -1.32. The summed E-state index contributed by atoms with van der Waals surface area (Å²) in [6.07, 6.45) is -0.272. The van der Waals surface area contributed by atoms with Gasteiger partial charge < -0.3 is 30.6 Å². The predicted molar refractivity (Wildman–Crippen MR) is 199 cm³/mol. The monoisotopic (exact) mass is 712 g/mol. The zero-order valence-corrected chi connectivity index (χ0v) is 28.9. The van der Waals surface area contributed by atoms with E-state index >= 15 is 0 Å². The predicted octanol–water partition coefficient (Wildman–Crippen LogP) is 5.07. The number of aliphatic hydroxyl groups is 2. The molecule has 1 aromatic heterocycles. The fourth-order valence-corrected chi connectivity index (χ4v) is 7.00. The Morgan fingerprint density at radius 2 is 1.06 bits per heavy atom. The van der Waals surface area contributed by atoms with Crippen molar-refractivity contribution in [2.75, 3.05) is 23.7 Å². The summed E-state index contributed by atoms with van der Waals surface area (Å²) < 4.78 is 0. The number of nitrogens with zero attached hydrogens (tertiary/aromatic N) is 3. The maximum Gasteiger partial charge on any atom is 0.256 e. The van der Waals surface area contributed by atoms with Gasteiger partial charge in [-0.25, -0.2) is 0 Å². The molecule has 0 aliphatic carbocycles. The SMILES string of the molecule is O=C(Nc1ccc(-c2cc(-c3ccc(NC(=O)C4CCCN4C(=O)[C@@H](O)c4ccccc4)cc3)[nH]n2)cc1)C1CCCN1C(=O)[C@@H](O)c1ccccc1. The lowest BCUT2D eigenvalue weighted by Crippen LogP contribution is -2.45. The van der Waals surface area contributed by atoms with E-state index in [1.165, 1.54) is 9.80 Å². The normalized spacial score (nSPS) is 18.0. The zero-order chi connectivity index (χ0) is 36.9. The molecule has 12 nitrogen and oxygen atoms in total. The smallest absolute Gasteiger partial charge is 0.256 e. The Labute approximate surface area is 306 Å². The van der Waals surface area contributed by atoms with Crippen LogP contribution in [0.5, 0.6) is 0 Å². The Morgan fingerprint density at radius 1 is 0.623 bits per heavy atom. The summed E-state index contributed by atoms with van der Waals surface area (Å²) in [5, 5.41) is 34.6. The summed E-state index contributed by atoms with van der Waals surface area (Å²) in [7, 11) is 0. The van der Waals surface area contributed by atoms with Crippen LogP contribution in [0.4, 0.5) is 11.4 Å². The summed E-state index contributed by atoms with van der Waals surface area (Å²) in [6, 6.07) is 32.5. The standard InChI is InChI=1S/C41H40N6O6/c48-36(28-9-3-1-4-10-28)40(52)46-23-7-13-34(46)38(50)42-30-19-15-26(16-20-30)32-25-33(45-44-32)27-17-21-31(22-18-27)43-39(51)35-14-8-24-47(35)41(53)37(49)29-11-5-2-6-12-29/h1-6,9-12,15-22,25,34-37,48-49H,7-8,13-14,23-24H2,(H,42,50)(H,43,51)(H,44,45)/t34?,35?,36-,37-/m0/s1. The number of nitrogens with one attached hydrogen (secondary N) is 3. The number of benzene rings is 4. The summed E-state index contributed by atoms with van der Waals surface area (Å²) in [6.45, 7) is 0.809. The zero-order valence-electron chi connectivity index (χ0n) is 28.9. The molecular formula is C41H40N6O6. The van der Waals surface area contributed by atoms with Gasteiger partial charge in [-0.05, 0) is 72.7 Å². The van der Waals surface area contributed by atoms with Crippen LogP contribution in [0.3, 0.4) is 0 Å². The second-order valence-corrected chi connectivity index (χ2v) is 13.3. The van der Waals surface area contributed by atoms with Crippen molar-refractivity contribution in [2.24, 2.45) is 0 Å². The Balaban J connectivity index is 0.938. The minimum absolute atomic E-state index is 0.303. The van der Waals surface area contributed by atoms with Crippen LogP contribution >= 0.6 is 0 Å². The summed E-state index contributed by atoms with van der Waals surface area (Å²) in [5.41, 5.74) is 5.27. The number of hydrogen-bond acceptors (Lipinski definition) is 7. The lowest BCUT2D eigenvalue weighted by atomic mass is 10.1. The van der Waals surface area contributed by atoms with Gasteiger partial charge in [-0.2, -0.15) is 5.10 Å². The third kappa shape index (κ3) is 7.74. The molecule has 4 aromatic carbocycles. The van der Waals surface area contributed by atoms with Gasteiger partial charge in [-0.15, -0.1) is 0 Å². The summed E-state index contributed by atoms with van der Waals surface area (Å²) in [4.78, 5) is 55.5. The van der Waals surface area contributed by atoms with Crippen LogP contribution in [0.1, 0.15) is 49.0 Å². The van der Waals surface area contributed by atoms with Crippen LogP contribution in [0.2, 0.25) is 0 Å². The van der Waals surface area contributed by atoms with Crippen molar-refractivity contribution in [3.8, 4) is 22.5 Å². The van der Waals surface area contributed by atoms with Gasteiger partial charge in [0.15, 0.2) is 12.2 Å². The quantitative estimate of drug-likeness (QED) is 0.135. The number of hydrogen-bond donors (Lipinski definition) is 5. The van der Waals surface area contributed by atoms with Crippen molar-refractivity contribution in [3.63, 3.8) is 0 Å². The number of likely N-dealkylation sites (tertiary alicyclic amines) is 2. The van der Waals surface area contributed by atoms with Crippen LogP contribution in [-0.2, 0) is 19.2 Å². The topological polar surface area (TPSA) is 168 Å². The van der Waals surface area contributed by atoms with Gasteiger partial charge in [0, 0.05) is 30.0 Å². The molecule has 2 unspecified atom stereocenters. The Bertz CT molecular complexity index is 1920. The number of aromatic nitrogens is 2. The highest BCUT2D eigenvalue weighted by Gasteiger charge is 2.38. The molecule has 0 saturated carbocycles. The molecule has 12 heteroatoms. The Kier molecular flexibility index (Phi) is 10.4. The third-order valence-corrected chi connectivity index (χ3v) is 9.87. The Hall–Kier alpha value is -6.11. The van der Waals surface area contributed by atoms with Gasteiger partial charge in [-0.1, -0.05) is 84.9 Å². The molecule has 0 radical (unpaired) electrons. The second-order valence-electron chi connectivity index (χ2n) is 13.3. The summed E-state index contributed by atoms with van der Waals surface area (Å²) in [5.74, 6) is -1.57. The molecule has 4 amide bonds. The second kappa shape index (κ2) is 15.6. The van der Waals surface area contributed by atoms with Gasteiger partial charge in [0.2, 0.25) is 11.8 Å².